The number of nitrogens with zero attached hydrogens (tertiary/aromatic N) is 2. The third kappa shape index (κ3) is 4.68. The number of amides is 2. The van der Waals surface area contributed by atoms with Crippen molar-refractivity contribution >= 4 is 11.8 Å². The second-order valence-electron chi connectivity index (χ2n) is 6.17. The summed E-state index contributed by atoms with van der Waals surface area (Å²) in [6, 6.07) is 0.202. The summed E-state index contributed by atoms with van der Waals surface area (Å²) in [4.78, 5) is 27.9. The summed E-state index contributed by atoms with van der Waals surface area (Å²) < 4.78 is 0. The molecule has 1 aliphatic carbocycles. The van der Waals surface area contributed by atoms with Gasteiger partial charge >= 0.3 is 0 Å². The van der Waals surface area contributed by atoms with Gasteiger partial charge in [-0.25, -0.2) is 0 Å². The Hall–Kier alpha value is -1.14. The molecule has 2 fully saturated rings. The zero-order valence-corrected chi connectivity index (χ0v) is 13.0. The highest BCUT2D eigenvalue weighted by molar-refractivity contribution is 5.78. The summed E-state index contributed by atoms with van der Waals surface area (Å²) in [7, 11) is 0. The lowest BCUT2D eigenvalue weighted by atomic mass is 9.99. The number of carbonyl (C=O) groups excluding carboxylic acids is 2. The number of rotatable bonds is 5. The molecule has 120 valence electrons. The Morgan fingerprint density at radius 1 is 1.19 bits per heavy atom. The van der Waals surface area contributed by atoms with E-state index in [1.807, 2.05) is 11.8 Å². The minimum Gasteiger partial charge on any atom is -0.355 e. The molecule has 6 nitrogen and oxygen atoms in total. The Bertz CT molecular complexity index is 367. The van der Waals surface area contributed by atoms with Gasteiger partial charge in [0.25, 0.3) is 0 Å². The van der Waals surface area contributed by atoms with Crippen molar-refractivity contribution in [1.29, 1.82) is 0 Å². The SMILES string of the molecule is CCNC(=O)CN1CCN(C(=O)C[C@@H]2CCC[C@H]2N)CC1. The van der Waals surface area contributed by atoms with Crippen molar-refractivity contribution in [2.45, 2.75) is 38.6 Å². The van der Waals surface area contributed by atoms with Crippen LogP contribution in [0.15, 0.2) is 0 Å². The predicted octanol–water partition coefficient (Wildman–Crippen LogP) is -0.216. The van der Waals surface area contributed by atoms with Crippen LogP contribution in [0.25, 0.3) is 0 Å². The van der Waals surface area contributed by atoms with Crippen molar-refractivity contribution in [3.63, 3.8) is 0 Å². The van der Waals surface area contributed by atoms with E-state index in [1.165, 1.54) is 0 Å². The lowest BCUT2D eigenvalue weighted by molar-refractivity contribution is -0.134. The number of carbonyl (C=O) groups is 2. The Morgan fingerprint density at radius 3 is 2.48 bits per heavy atom. The Morgan fingerprint density at radius 2 is 1.90 bits per heavy atom. The third-order valence-corrected chi connectivity index (χ3v) is 4.62. The minimum atomic E-state index is 0.0641. The van der Waals surface area contributed by atoms with Crippen molar-refractivity contribution in [1.82, 2.24) is 15.1 Å². The second kappa shape index (κ2) is 7.75. The van der Waals surface area contributed by atoms with Crippen LogP contribution in [0.3, 0.4) is 0 Å². The standard InChI is InChI=1S/C15H28N4O2/c1-2-17-14(20)11-18-6-8-19(9-7-18)15(21)10-12-4-3-5-13(12)16/h12-13H,2-11,16H2,1H3,(H,17,20)/t12-,13+/m0/s1. The van der Waals surface area contributed by atoms with Gasteiger partial charge in [-0.2, -0.15) is 0 Å². The fourth-order valence-electron chi connectivity index (χ4n) is 3.28. The van der Waals surface area contributed by atoms with Crippen LogP contribution in [-0.4, -0.2) is 66.9 Å². The number of nitrogens with one attached hydrogen (secondary N) is 1. The van der Waals surface area contributed by atoms with Crippen molar-refractivity contribution < 1.29 is 9.59 Å². The molecule has 0 aromatic rings. The van der Waals surface area contributed by atoms with Gasteiger partial charge in [-0.1, -0.05) is 6.42 Å². The van der Waals surface area contributed by atoms with Crippen molar-refractivity contribution in [3.8, 4) is 0 Å². The first kappa shape index (κ1) is 16.2. The molecule has 1 heterocycles. The maximum Gasteiger partial charge on any atom is 0.234 e. The monoisotopic (exact) mass is 296 g/mol. The normalized spacial score (nSPS) is 26.9. The van der Waals surface area contributed by atoms with Crippen LogP contribution in [0.1, 0.15) is 32.6 Å². The van der Waals surface area contributed by atoms with Gasteiger partial charge in [-0.05, 0) is 25.7 Å². The van der Waals surface area contributed by atoms with Crippen molar-refractivity contribution in [3.05, 3.63) is 0 Å². The maximum absolute atomic E-state index is 12.3. The van der Waals surface area contributed by atoms with E-state index in [-0.39, 0.29) is 17.9 Å². The summed E-state index contributed by atoms with van der Waals surface area (Å²) in [5.74, 6) is 0.662. The van der Waals surface area contributed by atoms with E-state index < -0.39 is 0 Å². The highest BCUT2D eigenvalue weighted by Gasteiger charge is 2.29. The van der Waals surface area contributed by atoms with Crippen molar-refractivity contribution in [2.24, 2.45) is 11.7 Å². The van der Waals surface area contributed by atoms with Gasteiger partial charge in [0.15, 0.2) is 0 Å². The van der Waals surface area contributed by atoms with Gasteiger partial charge in [0.05, 0.1) is 6.54 Å². The molecule has 0 unspecified atom stereocenters. The number of hydrogen-bond donors (Lipinski definition) is 2. The molecule has 1 saturated heterocycles. The number of piperazine rings is 1. The van der Waals surface area contributed by atoms with Crippen molar-refractivity contribution in [2.75, 3.05) is 39.3 Å². The molecular formula is C15H28N4O2. The highest BCUT2D eigenvalue weighted by atomic mass is 16.2. The van der Waals surface area contributed by atoms with Crippen LogP contribution >= 0.6 is 0 Å². The summed E-state index contributed by atoms with van der Waals surface area (Å²) in [6.07, 6.45) is 3.89. The van der Waals surface area contributed by atoms with E-state index in [0.717, 1.165) is 45.4 Å². The van der Waals surface area contributed by atoms with Crippen LogP contribution < -0.4 is 11.1 Å². The molecule has 2 aliphatic rings. The largest absolute Gasteiger partial charge is 0.355 e. The molecule has 2 amide bonds. The van der Waals surface area contributed by atoms with E-state index in [4.69, 9.17) is 5.73 Å². The fourth-order valence-corrected chi connectivity index (χ4v) is 3.28. The van der Waals surface area contributed by atoms with Gasteiger partial charge in [-0.3, -0.25) is 14.5 Å². The molecule has 0 radical (unpaired) electrons. The Kier molecular flexibility index (Phi) is 5.99. The number of hydrogen-bond acceptors (Lipinski definition) is 4. The van der Waals surface area contributed by atoms with Gasteiger partial charge in [0, 0.05) is 45.2 Å². The Balaban J connectivity index is 1.70. The third-order valence-electron chi connectivity index (χ3n) is 4.62. The molecule has 2 rings (SSSR count). The highest BCUT2D eigenvalue weighted by Crippen LogP contribution is 2.27. The molecule has 3 N–H and O–H groups in total. The fraction of sp³-hybridized carbons (Fsp3) is 0.867. The molecular weight excluding hydrogens is 268 g/mol. The second-order valence-corrected chi connectivity index (χ2v) is 6.17. The van der Waals surface area contributed by atoms with Crippen LogP contribution in [0, 0.1) is 5.92 Å². The predicted molar refractivity (Wildman–Crippen MR) is 81.6 cm³/mol. The maximum atomic E-state index is 12.3. The first-order valence-electron chi connectivity index (χ1n) is 8.12. The summed E-state index contributed by atoms with van der Waals surface area (Å²) in [6.45, 7) is 6.02. The quantitative estimate of drug-likeness (QED) is 0.735. The average molecular weight is 296 g/mol. The van der Waals surface area contributed by atoms with Gasteiger partial charge in [0.2, 0.25) is 11.8 Å². The van der Waals surface area contributed by atoms with Gasteiger partial charge < -0.3 is 16.0 Å². The number of nitrogens with two attached hydrogens (primary N) is 1. The van der Waals surface area contributed by atoms with Crippen LogP contribution in [0.5, 0.6) is 0 Å². The van der Waals surface area contributed by atoms with Crippen LogP contribution in [0.4, 0.5) is 0 Å². The molecule has 0 spiro atoms. The summed E-state index contributed by atoms with van der Waals surface area (Å²) >= 11 is 0. The van der Waals surface area contributed by atoms with E-state index in [2.05, 4.69) is 10.2 Å². The minimum absolute atomic E-state index is 0.0641. The van der Waals surface area contributed by atoms with E-state index in [0.29, 0.717) is 25.4 Å². The smallest absolute Gasteiger partial charge is 0.234 e. The lowest BCUT2D eigenvalue weighted by Gasteiger charge is -2.35. The topological polar surface area (TPSA) is 78.7 Å². The molecule has 1 saturated carbocycles. The van der Waals surface area contributed by atoms with Gasteiger partial charge in [-0.15, -0.1) is 0 Å². The average Bonchev–Trinajstić information content (AvgIpc) is 2.85. The molecule has 0 aromatic heterocycles. The summed E-state index contributed by atoms with van der Waals surface area (Å²) in [5, 5.41) is 2.80. The Labute approximate surface area is 127 Å². The summed E-state index contributed by atoms with van der Waals surface area (Å²) in [5.41, 5.74) is 6.04. The van der Waals surface area contributed by atoms with Gasteiger partial charge in [0.1, 0.15) is 0 Å². The zero-order valence-electron chi connectivity index (χ0n) is 13.0. The molecule has 1 aliphatic heterocycles. The van der Waals surface area contributed by atoms with E-state index >= 15 is 0 Å². The molecule has 21 heavy (non-hydrogen) atoms. The first-order valence-corrected chi connectivity index (χ1v) is 8.12. The van der Waals surface area contributed by atoms with E-state index in [1.54, 1.807) is 0 Å². The van der Waals surface area contributed by atoms with Crippen LogP contribution in [-0.2, 0) is 9.59 Å². The molecule has 2 atom stereocenters. The first-order chi connectivity index (χ1) is 10.1. The molecule has 0 bridgehead atoms. The zero-order chi connectivity index (χ0) is 15.2. The lowest BCUT2D eigenvalue weighted by Crippen LogP contribution is -2.51. The van der Waals surface area contributed by atoms with E-state index in [9.17, 15) is 9.59 Å². The number of likely N-dealkylation sites (N-methyl/N-ethyl adjacent to an activating group) is 1. The molecule has 6 heteroatoms. The van der Waals surface area contributed by atoms with Crippen LogP contribution in [0.2, 0.25) is 0 Å². The molecule has 0 aromatic carbocycles.